The second-order valence-electron chi connectivity index (χ2n) is 9.31. The largest absolute Gasteiger partial charge is 0.455 e. The fourth-order valence-corrected chi connectivity index (χ4v) is 5.38. The zero-order valence-corrected chi connectivity index (χ0v) is 22.1. The van der Waals surface area contributed by atoms with Crippen molar-refractivity contribution < 1.29 is 31.7 Å². The van der Waals surface area contributed by atoms with Gasteiger partial charge in [-0.2, -0.15) is 0 Å². The van der Waals surface area contributed by atoms with Crippen molar-refractivity contribution >= 4 is 38.3 Å². The van der Waals surface area contributed by atoms with Crippen molar-refractivity contribution in [3.05, 3.63) is 82.7 Å². The van der Waals surface area contributed by atoms with Crippen LogP contribution in [0, 0.1) is 10.1 Å². The summed E-state index contributed by atoms with van der Waals surface area (Å²) < 4.78 is 59.6. The molecule has 0 radical (unpaired) electrons. The monoisotopic (exact) mass is 586 g/mol. The first kappa shape index (κ1) is 27.9. The number of alkyl halides is 2. The predicted molar refractivity (Wildman–Crippen MR) is 145 cm³/mol. The van der Waals surface area contributed by atoms with Crippen molar-refractivity contribution in [2.24, 2.45) is 0 Å². The first-order valence-corrected chi connectivity index (χ1v) is 13.8. The molecule has 0 aliphatic carbocycles. The SMILES string of the molecule is O=C(NS(=O)(=O)c1ccc(NC2CN(C(CF)CF)C2)c([N+](=O)[O-])c1)c1ccccc1Oc1cnc2[nH]ccc2c1. The molecule has 3 N–H and O–H groups in total. The Bertz CT molecular complexity index is 1710. The second kappa shape index (κ2) is 11.5. The minimum Gasteiger partial charge on any atom is -0.455 e. The van der Waals surface area contributed by atoms with Crippen LogP contribution in [0.1, 0.15) is 10.4 Å². The summed E-state index contributed by atoms with van der Waals surface area (Å²) in [6, 6.07) is 11.4. The number of nitro benzene ring substituents is 1. The number of nitro groups is 1. The van der Waals surface area contributed by atoms with Crippen molar-refractivity contribution in [3.8, 4) is 11.5 Å². The average molecular weight is 587 g/mol. The van der Waals surface area contributed by atoms with E-state index in [1.54, 1.807) is 29.3 Å². The quantitative estimate of drug-likeness (QED) is 0.176. The van der Waals surface area contributed by atoms with Gasteiger partial charge < -0.3 is 15.0 Å². The van der Waals surface area contributed by atoms with Crippen molar-refractivity contribution in [2.75, 3.05) is 31.8 Å². The van der Waals surface area contributed by atoms with E-state index >= 15 is 0 Å². The molecule has 0 bridgehead atoms. The number of sulfonamides is 1. The maximum atomic E-state index is 13.1. The van der Waals surface area contributed by atoms with Gasteiger partial charge in [0.25, 0.3) is 21.6 Å². The Balaban J connectivity index is 1.31. The Morgan fingerprint density at radius 3 is 2.66 bits per heavy atom. The molecule has 2 aromatic heterocycles. The summed E-state index contributed by atoms with van der Waals surface area (Å²) in [4.78, 5) is 32.2. The summed E-state index contributed by atoms with van der Waals surface area (Å²) in [5.41, 5.74) is 0.0468. The third-order valence-electron chi connectivity index (χ3n) is 6.58. The van der Waals surface area contributed by atoms with Crippen LogP contribution in [0.3, 0.4) is 0 Å². The standard InChI is InChI=1S/C26H24F2N6O6S/c27-11-18(12-28)33-14-17(15-33)31-22-6-5-20(10-23(22)34(36)37)41(38,39)32-26(35)21-3-1-2-4-24(21)40-19-9-16-7-8-29-25(16)30-13-19/h1-10,13,17-18,31H,11-12,14-15H2,(H,29,30)(H,32,35). The van der Waals surface area contributed by atoms with Gasteiger partial charge in [-0.05, 0) is 36.4 Å². The van der Waals surface area contributed by atoms with Crippen LogP contribution >= 0.6 is 0 Å². The summed E-state index contributed by atoms with van der Waals surface area (Å²) in [6.45, 7) is -1.16. The van der Waals surface area contributed by atoms with Gasteiger partial charge >= 0.3 is 0 Å². The highest BCUT2D eigenvalue weighted by atomic mass is 32.2. The maximum absolute atomic E-state index is 13.1. The number of benzene rings is 2. The Morgan fingerprint density at radius 2 is 1.93 bits per heavy atom. The van der Waals surface area contributed by atoms with Crippen LogP contribution in [-0.2, 0) is 10.0 Å². The number of carbonyl (C=O) groups is 1. The third kappa shape index (κ3) is 5.95. The number of aromatic nitrogens is 2. The highest BCUT2D eigenvalue weighted by molar-refractivity contribution is 7.90. The highest BCUT2D eigenvalue weighted by Gasteiger charge is 2.34. The van der Waals surface area contributed by atoms with E-state index in [1.165, 1.54) is 30.5 Å². The number of hydrogen-bond acceptors (Lipinski definition) is 9. The molecule has 15 heteroatoms. The van der Waals surface area contributed by atoms with Gasteiger partial charge in [-0.25, -0.2) is 26.9 Å². The van der Waals surface area contributed by atoms with E-state index in [0.717, 1.165) is 17.5 Å². The summed E-state index contributed by atoms with van der Waals surface area (Å²) in [5, 5.41) is 15.4. The van der Waals surface area contributed by atoms with Gasteiger partial charge in [-0.1, -0.05) is 12.1 Å². The first-order valence-electron chi connectivity index (χ1n) is 12.4. The van der Waals surface area contributed by atoms with Crippen molar-refractivity contribution in [3.63, 3.8) is 0 Å². The number of rotatable bonds is 11. The number of amides is 1. The number of nitrogens with one attached hydrogen (secondary N) is 3. The summed E-state index contributed by atoms with van der Waals surface area (Å²) >= 11 is 0. The number of halogens is 2. The van der Waals surface area contributed by atoms with Crippen molar-refractivity contribution in [2.45, 2.75) is 17.0 Å². The molecule has 5 rings (SSSR count). The zero-order valence-electron chi connectivity index (χ0n) is 21.3. The first-order chi connectivity index (χ1) is 19.7. The highest BCUT2D eigenvalue weighted by Crippen LogP contribution is 2.31. The van der Waals surface area contributed by atoms with Crippen LogP contribution in [0.15, 0.2) is 71.9 Å². The van der Waals surface area contributed by atoms with E-state index in [1.807, 2.05) is 4.72 Å². The second-order valence-corrected chi connectivity index (χ2v) is 11.0. The molecule has 0 saturated carbocycles. The molecule has 12 nitrogen and oxygen atoms in total. The van der Waals surface area contributed by atoms with Crippen LogP contribution in [-0.4, -0.2) is 72.6 Å². The maximum Gasteiger partial charge on any atom is 0.293 e. The number of carbonyl (C=O) groups excluding carboxylic acids is 1. The summed E-state index contributed by atoms with van der Waals surface area (Å²) in [7, 11) is -4.53. The predicted octanol–water partition coefficient (Wildman–Crippen LogP) is 3.79. The van der Waals surface area contributed by atoms with Crippen LogP contribution in [0.2, 0.25) is 0 Å². The number of H-pyrrole nitrogens is 1. The molecule has 3 heterocycles. The van der Waals surface area contributed by atoms with Crippen molar-refractivity contribution in [1.82, 2.24) is 19.6 Å². The lowest BCUT2D eigenvalue weighted by Gasteiger charge is -2.43. The van der Waals surface area contributed by atoms with Gasteiger partial charge in [-0.3, -0.25) is 19.8 Å². The van der Waals surface area contributed by atoms with E-state index in [4.69, 9.17) is 4.74 Å². The summed E-state index contributed by atoms with van der Waals surface area (Å²) in [6.07, 6.45) is 3.15. The molecule has 4 aromatic rings. The lowest BCUT2D eigenvalue weighted by atomic mass is 10.1. The van der Waals surface area contributed by atoms with E-state index in [9.17, 15) is 32.1 Å². The normalized spacial score (nSPS) is 14.1. The number of anilines is 1. The Labute approximate surface area is 232 Å². The number of nitrogens with zero attached hydrogens (tertiary/aromatic N) is 3. The molecule has 2 aromatic carbocycles. The van der Waals surface area contributed by atoms with Gasteiger partial charge in [0.05, 0.1) is 33.7 Å². The van der Waals surface area contributed by atoms with Gasteiger partial charge in [0, 0.05) is 30.7 Å². The van der Waals surface area contributed by atoms with Gasteiger partial charge in [0.15, 0.2) is 0 Å². The molecule has 1 aliphatic heterocycles. The number of ether oxygens (including phenoxy) is 1. The van der Waals surface area contributed by atoms with Crippen LogP contribution in [0.5, 0.6) is 11.5 Å². The minimum absolute atomic E-state index is 0.0359. The number of hydrogen-bond donors (Lipinski definition) is 3. The van der Waals surface area contributed by atoms with Gasteiger partial charge in [0.1, 0.15) is 36.2 Å². The average Bonchev–Trinajstić information content (AvgIpc) is 3.40. The number of pyridine rings is 1. The molecule has 0 unspecified atom stereocenters. The molecular formula is C26H24F2N6O6S. The number of likely N-dealkylation sites (tertiary alicyclic amines) is 1. The molecule has 1 saturated heterocycles. The number of para-hydroxylation sites is 1. The Kier molecular flexibility index (Phi) is 7.81. The molecule has 1 aliphatic rings. The minimum atomic E-state index is -4.53. The summed E-state index contributed by atoms with van der Waals surface area (Å²) in [5.74, 6) is -0.621. The molecule has 0 atom stereocenters. The number of aromatic amines is 1. The molecular weight excluding hydrogens is 562 g/mol. The molecule has 214 valence electrons. The van der Waals surface area contributed by atoms with E-state index in [2.05, 4.69) is 15.3 Å². The smallest absolute Gasteiger partial charge is 0.293 e. The fourth-order valence-electron chi connectivity index (χ4n) is 4.39. The van der Waals surface area contributed by atoms with Crippen molar-refractivity contribution in [1.29, 1.82) is 0 Å². The van der Waals surface area contributed by atoms with Gasteiger partial charge in [0.2, 0.25) is 0 Å². The van der Waals surface area contributed by atoms with Crippen LogP contribution < -0.4 is 14.8 Å². The number of fused-ring (bicyclic) bond motifs is 1. The fraction of sp³-hybridized carbons (Fsp3) is 0.231. The van der Waals surface area contributed by atoms with Gasteiger partial charge in [-0.15, -0.1) is 0 Å². The zero-order chi connectivity index (χ0) is 29.1. The molecule has 1 amide bonds. The van der Waals surface area contributed by atoms with Crippen LogP contribution in [0.4, 0.5) is 20.2 Å². The lowest BCUT2D eigenvalue weighted by Crippen LogP contribution is -2.59. The molecule has 0 spiro atoms. The Hall–Kier alpha value is -4.63. The Morgan fingerprint density at radius 1 is 1.17 bits per heavy atom. The topological polar surface area (TPSA) is 160 Å². The lowest BCUT2D eigenvalue weighted by molar-refractivity contribution is -0.384. The molecule has 1 fully saturated rings. The third-order valence-corrected chi connectivity index (χ3v) is 7.91. The molecule has 41 heavy (non-hydrogen) atoms. The van der Waals surface area contributed by atoms with E-state index in [-0.39, 0.29) is 36.1 Å². The van der Waals surface area contributed by atoms with Crippen LogP contribution in [0.25, 0.3) is 11.0 Å². The van der Waals surface area contributed by atoms with E-state index < -0.39 is 50.8 Å². The van der Waals surface area contributed by atoms with E-state index in [0.29, 0.717) is 11.4 Å².